The number of allylic oxidation sites excluding steroid dienone is 1. The fraction of sp³-hybridized carbons (Fsp3) is 0.688. The highest BCUT2D eigenvalue weighted by Gasteiger charge is 2.57. The normalized spacial score (nSPS) is 29.3. The molecule has 0 radical (unpaired) electrons. The van der Waals surface area contributed by atoms with Gasteiger partial charge in [-0.1, -0.05) is 0 Å². The topological polar surface area (TPSA) is 102 Å². The number of aliphatic hydroxyl groups excluding tert-OH is 1. The third-order valence-corrected chi connectivity index (χ3v) is 5.91. The van der Waals surface area contributed by atoms with Crippen LogP contribution in [0.25, 0.3) is 0 Å². The molecular formula is C16H21NO7S. The van der Waals surface area contributed by atoms with Crippen LogP contribution in [0.5, 0.6) is 0 Å². The third-order valence-electron chi connectivity index (χ3n) is 4.52. The highest BCUT2D eigenvalue weighted by atomic mass is 32.2. The zero-order valence-corrected chi connectivity index (χ0v) is 14.9. The van der Waals surface area contributed by atoms with Crippen LogP contribution in [0, 0.1) is 11.8 Å². The molecule has 0 saturated carbocycles. The fourth-order valence-electron chi connectivity index (χ4n) is 3.23. The molecule has 0 aromatic carbocycles. The van der Waals surface area contributed by atoms with Crippen molar-refractivity contribution >= 4 is 29.6 Å². The Kier molecular flexibility index (Phi) is 5.35. The second-order valence-electron chi connectivity index (χ2n) is 6.37. The van der Waals surface area contributed by atoms with Gasteiger partial charge in [-0.2, -0.15) is 0 Å². The molecule has 0 aromatic rings. The van der Waals surface area contributed by atoms with Crippen LogP contribution in [0.3, 0.4) is 0 Å². The minimum Gasteiger partial charge on any atom is -0.428 e. The van der Waals surface area contributed by atoms with Gasteiger partial charge in [0.1, 0.15) is 11.1 Å². The van der Waals surface area contributed by atoms with Crippen LogP contribution < -0.4 is 0 Å². The summed E-state index contributed by atoms with van der Waals surface area (Å²) in [4.78, 5) is 37.8. The maximum atomic E-state index is 12.5. The van der Waals surface area contributed by atoms with E-state index < -0.39 is 30.8 Å². The number of β-lactam (4-membered cyclic amide) rings is 1. The number of fused-ring (bicyclic) bond motifs is 1. The molecule has 3 heterocycles. The molecule has 3 aliphatic heterocycles. The van der Waals surface area contributed by atoms with Gasteiger partial charge in [-0.05, 0) is 25.7 Å². The molecule has 3 rings (SSSR count). The number of amides is 1. The molecule has 138 valence electrons. The largest absolute Gasteiger partial charge is 0.428 e. The predicted molar refractivity (Wildman–Crippen MR) is 86.7 cm³/mol. The number of nitrogens with zero attached hydrogens (tertiary/aromatic N) is 1. The van der Waals surface area contributed by atoms with Crippen molar-refractivity contribution in [2.75, 3.05) is 20.0 Å². The molecule has 1 N–H and O–H groups in total. The summed E-state index contributed by atoms with van der Waals surface area (Å²) in [5.74, 6) is -1.78. The smallest absolute Gasteiger partial charge is 0.358 e. The van der Waals surface area contributed by atoms with E-state index in [-0.39, 0.29) is 22.9 Å². The molecule has 0 aliphatic carbocycles. The summed E-state index contributed by atoms with van der Waals surface area (Å²) in [5.41, 5.74) is 0.205. The molecule has 3 aliphatic rings. The number of aliphatic hydroxyl groups is 1. The van der Waals surface area contributed by atoms with Crippen LogP contribution in [-0.2, 0) is 28.6 Å². The second kappa shape index (κ2) is 7.35. The van der Waals surface area contributed by atoms with E-state index in [4.69, 9.17) is 9.47 Å². The molecule has 9 heteroatoms. The highest BCUT2D eigenvalue weighted by molar-refractivity contribution is 8.04. The summed E-state index contributed by atoms with van der Waals surface area (Å²) < 4.78 is 15.0. The van der Waals surface area contributed by atoms with Gasteiger partial charge in [0.15, 0.2) is 0 Å². The lowest BCUT2D eigenvalue weighted by Gasteiger charge is -2.43. The van der Waals surface area contributed by atoms with Crippen molar-refractivity contribution in [3.8, 4) is 0 Å². The van der Waals surface area contributed by atoms with Gasteiger partial charge in [-0.3, -0.25) is 14.5 Å². The highest BCUT2D eigenvalue weighted by Crippen LogP contribution is 2.52. The van der Waals surface area contributed by atoms with Crippen LogP contribution in [0.2, 0.25) is 0 Å². The van der Waals surface area contributed by atoms with Gasteiger partial charge in [-0.25, -0.2) is 4.79 Å². The number of esters is 2. The summed E-state index contributed by atoms with van der Waals surface area (Å²) in [6, 6.07) is 0. The second-order valence-corrected chi connectivity index (χ2v) is 7.59. The monoisotopic (exact) mass is 371 g/mol. The van der Waals surface area contributed by atoms with E-state index in [0.717, 1.165) is 11.3 Å². The zero-order valence-electron chi connectivity index (χ0n) is 14.1. The van der Waals surface area contributed by atoms with E-state index >= 15 is 0 Å². The lowest BCUT2D eigenvalue weighted by atomic mass is 9.92. The Balaban J connectivity index is 1.76. The molecule has 0 spiro atoms. The Morgan fingerprint density at radius 1 is 1.44 bits per heavy atom. The SMILES string of the molecule is CC(=O)OCOC(=O)C1=C(CC2CCOC2)S[C@@H]2[C@@H]([C@@H](C)O)C(=O)N12. The van der Waals surface area contributed by atoms with Crippen molar-refractivity contribution < 1.29 is 33.7 Å². The van der Waals surface area contributed by atoms with Crippen LogP contribution >= 0.6 is 11.8 Å². The molecule has 4 atom stereocenters. The number of thioether (sulfide) groups is 1. The Morgan fingerprint density at radius 3 is 2.80 bits per heavy atom. The van der Waals surface area contributed by atoms with Gasteiger partial charge in [0.2, 0.25) is 12.7 Å². The molecule has 8 nitrogen and oxygen atoms in total. The maximum Gasteiger partial charge on any atom is 0.358 e. The van der Waals surface area contributed by atoms with Crippen LogP contribution in [0.1, 0.15) is 26.7 Å². The van der Waals surface area contributed by atoms with Gasteiger partial charge in [0, 0.05) is 25.0 Å². The maximum absolute atomic E-state index is 12.5. The first-order valence-electron chi connectivity index (χ1n) is 8.19. The van der Waals surface area contributed by atoms with Crippen molar-refractivity contribution in [1.29, 1.82) is 0 Å². The van der Waals surface area contributed by atoms with Crippen molar-refractivity contribution in [1.82, 2.24) is 4.90 Å². The van der Waals surface area contributed by atoms with E-state index in [0.29, 0.717) is 19.6 Å². The zero-order chi connectivity index (χ0) is 18.1. The van der Waals surface area contributed by atoms with E-state index in [1.54, 1.807) is 6.92 Å². The van der Waals surface area contributed by atoms with Crippen molar-refractivity contribution in [3.05, 3.63) is 10.6 Å². The van der Waals surface area contributed by atoms with Crippen molar-refractivity contribution in [3.63, 3.8) is 0 Å². The first-order valence-corrected chi connectivity index (χ1v) is 9.07. The van der Waals surface area contributed by atoms with Crippen molar-refractivity contribution in [2.45, 2.75) is 38.2 Å². The van der Waals surface area contributed by atoms with Gasteiger partial charge >= 0.3 is 11.9 Å². The number of carbonyl (C=O) groups is 3. The number of hydrogen-bond donors (Lipinski definition) is 1. The Hall–Kier alpha value is -1.58. The summed E-state index contributed by atoms with van der Waals surface area (Å²) in [6.45, 7) is 3.61. The fourth-order valence-corrected chi connectivity index (χ4v) is 4.95. The minimum absolute atomic E-state index is 0.205. The quantitative estimate of drug-likeness (QED) is 0.411. The molecular weight excluding hydrogens is 350 g/mol. The van der Waals surface area contributed by atoms with Gasteiger partial charge in [-0.15, -0.1) is 11.8 Å². The summed E-state index contributed by atoms with van der Waals surface area (Å²) in [7, 11) is 0. The first kappa shape index (κ1) is 18.2. The molecule has 2 saturated heterocycles. The number of carbonyl (C=O) groups excluding carboxylic acids is 3. The van der Waals surface area contributed by atoms with Crippen LogP contribution in [0.4, 0.5) is 0 Å². The lowest BCUT2D eigenvalue weighted by Crippen LogP contribution is -2.60. The predicted octanol–water partition coefficient (Wildman–Crippen LogP) is 0.600. The van der Waals surface area contributed by atoms with Gasteiger partial charge in [0.25, 0.3) is 0 Å². The van der Waals surface area contributed by atoms with Gasteiger partial charge < -0.3 is 19.3 Å². The van der Waals surface area contributed by atoms with E-state index in [9.17, 15) is 19.5 Å². The molecule has 1 amide bonds. The lowest BCUT2D eigenvalue weighted by molar-refractivity contribution is -0.168. The molecule has 0 bridgehead atoms. The molecule has 0 aromatic heterocycles. The van der Waals surface area contributed by atoms with Crippen LogP contribution in [0.15, 0.2) is 10.6 Å². The van der Waals surface area contributed by atoms with E-state index in [2.05, 4.69) is 4.74 Å². The molecule has 1 unspecified atom stereocenters. The minimum atomic E-state index is -0.784. The number of rotatable bonds is 6. The van der Waals surface area contributed by atoms with E-state index in [1.807, 2.05) is 0 Å². The Morgan fingerprint density at radius 2 is 2.20 bits per heavy atom. The first-order chi connectivity index (χ1) is 11.9. The summed E-state index contributed by atoms with van der Waals surface area (Å²) in [6.07, 6.45) is 0.738. The van der Waals surface area contributed by atoms with Crippen molar-refractivity contribution in [2.24, 2.45) is 11.8 Å². The third kappa shape index (κ3) is 3.54. The summed E-state index contributed by atoms with van der Waals surface area (Å²) >= 11 is 1.42. The van der Waals surface area contributed by atoms with E-state index in [1.165, 1.54) is 23.6 Å². The summed E-state index contributed by atoms with van der Waals surface area (Å²) in [5, 5.41) is 9.52. The Bertz CT molecular complexity index is 612. The van der Waals surface area contributed by atoms with Gasteiger partial charge in [0.05, 0.1) is 12.0 Å². The number of hydrogen-bond acceptors (Lipinski definition) is 8. The average Bonchev–Trinajstić information content (AvgIpc) is 3.13. The standard InChI is InChI=1S/C16H21NO7S/c1-8(18)12-14(20)17-13(16(21)24-7-23-9(2)19)11(25-15(12)17)5-10-3-4-22-6-10/h8,10,12,15,18H,3-7H2,1-2H3/t8-,10?,12+,15-/m1/s1. The molecule has 2 fully saturated rings. The Labute approximate surface area is 149 Å². The molecule has 25 heavy (non-hydrogen) atoms. The number of ether oxygens (including phenoxy) is 3. The van der Waals surface area contributed by atoms with Crippen LogP contribution in [-0.4, -0.2) is 59.3 Å². The average molecular weight is 371 g/mol.